The van der Waals surface area contributed by atoms with Gasteiger partial charge in [0, 0.05) is 31.6 Å². The first kappa shape index (κ1) is 12.3. The van der Waals surface area contributed by atoms with Crippen molar-refractivity contribution in [2.45, 2.75) is 0 Å². The summed E-state index contributed by atoms with van der Waals surface area (Å²) in [4.78, 5) is 7.94. The quantitative estimate of drug-likeness (QED) is 0.493. The Morgan fingerprint density at radius 1 is 1.24 bits per heavy atom. The Morgan fingerprint density at radius 2 is 1.88 bits per heavy atom. The lowest BCUT2D eigenvalue weighted by atomic mass is 9.81. The number of anilines is 1. The van der Waals surface area contributed by atoms with E-state index in [-0.39, 0.29) is 5.46 Å². The molecular weight excluding hydrogens is 224 g/mol. The molecule has 0 spiro atoms. The van der Waals surface area contributed by atoms with E-state index in [1.807, 2.05) is 11.9 Å². The molecule has 2 heterocycles. The van der Waals surface area contributed by atoms with E-state index in [4.69, 9.17) is 10.0 Å². The van der Waals surface area contributed by atoms with Crippen molar-refractivity contribution in [3.63, 3.8) is 0 Å². The van der Waals surface area contributed by atoms with Crippen LogP contribution in [0.5, 0.6) is 0 Å². The molecule has 1 aromatic rings. The zero-order chi connectivity index (χ0) is 12.4. The standard InChI is InChI=1S/C10H15BFN3O2/c1-14-4-6-15(7-5-14)9-3-2-8(11(16)17)10(12)13-9/h2-3,16-17H,4-7H2,1H3. The van der Waals surface area contributed by atoms with Crippen molar-refractivity contribution in [3.05, 3.63) is 18.1 Å². The van der Waals surface area contributed by atoms with Crippen LogP contribution in [0.2, 0.25) is 0 Å². The van der Waals surface area contributed by atoms with Crippen molar-refractivity contribution in [2.75, 3.05) is 38.1 Å². The number of hydrogen-bond donors (Lipinski definition) is 2. The molecule has 1 saturated heterocycles. The van der Waals surface area contributed by atoms with Gasteiger partial charge in [0.05, 0.1) is 0 Å². The molecule has 1 aliphatic rings. The van der Waals surface area contributed by atoms with E-state index in [0.717, 1.165) is 26.2 Å². The number of rotatable bonds is 2. The van der Waals surface area contributed by atoms with E-state index < -0.39 is 13.1 Å². The molecule has 0 atom stereocenters. The third-order valence-electron chi connectivity index (χ3n) is 2.97. The number of piperazine rings is 1. The fraction of sp³-hybridized carbons (Fsp3) is 0.500. The van der Waals surface area contributed by atoms with Crippen molar-refractivity contribution >= 4 is 18.4 Å². The van der Waals surface area contributed by atoms with Gasteiger partial charge >= 0.3 is 7.12 Å². The van der Waals surface area contributed by atoms with Crippen LogP contribution in [0.15, 0.2) is 12.1 Å². The summed E-state index contributed by atoms with van der Waals surface area (Å²) in [6.07, 6.45) is 0. The van der Waals surface area contributed by atoms with Gasteiger partial charge in [-0.3, -0.25) is 0 Å². The maximum atomic E-state index is 13.5. The van der Waals surface area contributed by atoms with Crippen molar-refractivity contribution in [3.8, 4) is 0 Å². The van der Waals surface area contributed by atoms with Gasteiger partial charge in [0.25, 0.3) is 0 Å². The Balaban J connectivity index is 2.14. The SMILES string of the molecule is CN1CCN(c2ccc(B(O)O)c(F)n2)CC1. The van der Waals surface area contributed by atoms with Crippen LogP contribution in [0.1, 0.15) is 0 Å². The number of hydrogen-bond acceptors (Lipinski definition) is 5. The predicted molar refractivity (Wildman–Crippen MR) is 63.7 cm³/mol. The van der Waals surface area contributed by atoms with E-state index >= 15 is 0 Å². The van der Waals surface area contributed by atoms with E-state index in [2.05, 4.69) is 9.88 Å². The first-order valence-electron chi connectivity index (χ1n) is 5.54. The van der Waals surface area contributed by atoms with Crippen LogP contribution in [0, 0.1) is 5.95 Å². The first-order valence-corrected chi connectivity index (χ1v) is 5.54. The van der Waals surface area contributed by atoms with Crippen LogP contribution in [0.3, 0.4) is 0 Å². The summed E-state index contributed by atoms with van der Waals surface area (Å²) in [5.41, 5.74) is -0.192. The number of likely N-dealkylation sites (N-methyl/N-ethyl adjacent to an activating group) is 1. The molecular formula is C10H15BFN3O2. The van der Waals surface area contributed by atoms with E-state index in [9.17, 15) is 4.39 Å². The molecule has 7 heteroatoms. The predicted octanol–water partition coefficient (Wildman–Crippen LogP) is -1.35. The maximum Gasteiger partial charge on any atom is 0.493 e. The summed E-state index contributed by atoms with van der Waals surface area (Å²) in [7, 11) is 0.223. The van der Waals surface area contributed by atoms with E-state index in [0.29, 0.717) is 5.82 Å². The summed E-state index contributed by atoms with van der Waals surface area (Å²) in [6.45, 7) is 3.41. The fourth-order valence-corrected chi connectivity index (χ4v) is 1.84. The van der Waals surface area contributed by atoms with Gasteiger partial charge < -0.3 is 19.8 Å². The molecule has 0 aromatic carbocycles. The zero-order valence-corrected chi connectivity index (χ0v) is 9.67. The molecule has 1 aromatic heterocycles. The highest BCUT2D eigenvalue weighted by molar-refractivity contribution is 6.58. The molecule has 1 aliphatic heterocycles. The summed E-state index contributed by atoms with van der Waals surface area (Å²) >= 11 is 0. The Bertz CT molecular complexity index is 397. The van der Waals surface area contributed by atoms with Gasteiger partial charge in [0.2, 0.25) is 5.95 Å². The van der Waals surface area contributed by atoms with Crippen LogP contribution in [0.25, 0.3) is 0 Å². The average molecular weight is 239 g/mol. The molecule has 17 heavy (non-hydrogen) atoms. The lowest BCUT2D eigenvalue weighted by Crippen LogP contribution is -2.45. The van der Waals surface area contributed by atoms with Crippen molar-refractivity contribution in [1.29, 1.82) is 0 Å². The van der Waals surface area contributed by atoms with Crippen LogP contribution in [-0.4, -0.2) is 60.3 Å². The Hall–Kier alpha value is -1.18. The van der Waals surface area contributed by atoms with Crippen molar-refractivity contribution < 1.29 is 14.4 Å². The minimum absolute atomic E-state index is 0.192. The highest BCUT2D eigenvalue weighted by atomic mass is 19.1. The summed E-state index contributed by atoms with van der Waals surface area (Å²) in [5, 5.41) is 17.8. The third kappa shape index (κ3) is 2.74. The molecule has 92 valence electrons. The molecule has 0 bridgehead atoms. The molecule has 0 radical (unpaired) electrons. The fourth-order valence-electron chi connectivity index (χ4n) is 1.84. The second kappa shape index (κ2) is 4.99. The minimum atomic E-state index is -1.82. The lowest BCUT2D eigenvalue weighted by molar-refractivity contribution is 0.311. The van der Waals surface area contributed by atoms with Gasteiger partial charge in [0.1, 0.15) is 5.82 Å². The molecule has 2 rings (SSSR count). The van der Waals surface area contributed by atoms with E-state index in [1.165, 1.54) is 6.07 Å². The second-order valence-corrected chi connectivity index (χ2v) is 4.21. The van der Waals surface area contributed by atoms with Gasteiger partial charge in [0.15, 0.2) is 0 Å². The van der Waals surface area contributed by atoms with Gasteiger partial charge in [-0.05, 0) is 13.1 Å². The monoisotopic (exact) mass is 239 g/mol. The maximum absolute atomic E-state index is 13.5. The largest absolute Gasteiger partial charge is 0.493 e. The van der Waals surface area contributed by atoms with Gasteiger partial charge in [-0.15, -0.1) is 0 Å². The van der Waals surface area contributed by atoms with Crippen molar-refractivity contribution in [2.24, 2.45) is 0 Å². The molecule has 5 nitrogen and oxygen atoms in total. The highest BCUT2D eigenvalue weighted by Crippen LogP contribution is 2.12. The topological polar surface area (TPSA) is 59.8 Å². The Morgan fingerprint density at radius 3 is 2.41 bits per heavy atom. The third-order valence-corrected chi connectivity index (χ3v) is 2.97. The first-order chi connectivity index (χ1) is 8.08. The molecule has 2 N–H and O–H groups in total. The molecule has 0 amide bonds. The van der Waals surface area contributed by atoms with Gasteiger partial charge in [-0.2, -0.15) is 4.39 Å². The van der Waals surface area contributed by atoms with E-state index in [1.54, 1.807) is 6.07 Å². The van der Waals surface area contributed by atoms with Crippen LogP contribution < -0.4 is 10.4 Å². The summed E-state index contributed by atoms with van der Waals surface area (Å²) < 4.78 is 13.5. The molecule has 0 unspecified atom stereocenters. The van der Waals surface area contributed by atoms with Crippen LogP contribution in [0.4, 0.5) is 10.2 Å². The molecule has 0 aliphatic carbocycles. The minimum Gasteiger partial charge on any atom is -0.423 e. The van der Waals surface area contributed by atoms with Crippen molar-refractivity contribution in [1.82, 2.24) is 9.88 Å². The van der Waals surface area contributed by atoms with Crippen LogP contribution in [-0.2, 0) is 0 Å². The lowest BCUT2D eigenvalue weighted by Gasteiger charge is -2.33. The number of pyridine rings is 1. The number of aromatic nitrogens is 1. The Kier molecular flexibility index (Phi) is 3.61. The number of nitrogens with zero attached hydrogens (tertiary/aromatic N) is 3. The van der Waals surface area contributed by atoms with Gasteiger partial charge in [-0.25, -0.2) is 4.98 Å². The van der Waals surface area contributed by atoms with Gasteiger partial charge in [-0.1, -0.05) is 6.07 Å². The van der Waals surface area contributed by atoms with Crippen LogP contribution >= 0.6 is 0 Å². The average Bonchev–Trinajstić information content (AvgIpc) is 2.29. The highest BCUT2D eigenvalue weighted by Gasteiger charge is 2.20. The zero-order valence-electron chi connectivity index (χ0n) is 9.67. The smallest absolute Gasteiger partial charge is 0.423 e. The summed E-state index contributed by atoms with van der Waals surface area (Å²) in [5.74, 6) is -0.281. The second-order valence-electron chi connectivity index (χ2n) is 4.21. The molecule has 0 saturated carbocycles. The normalized spacial score (nSPS) is 17.3. The molecule has 1 fully saturated rings. The summed E-state index contributed by atoms with van der Waals surface area (Å²) in [6, 6.07) is 2.98. The number of halogens is 1. The Labute approximate surface area is 99.6 Å².